The van der Waals surface area contributed by atoms with Gasteiger partial charge < -0.3 is 14.2 Å². The lowest BCUT2D eigenvalue weighted by Crippen LogP contribution is -2.27. The Morgan fingerprint density at radius 1 is 1.50 bits per heavy atom. The van der Waals surface area contributed by atoms with Crippen LogP contribution in [0.3, 0.4) is 0 Å². The van der Waals surface area contributed by atoms with Gasteiger partial charge in [0, 0.05) is 6.42 Å². The van der Waals surface area contributed by atoms with Crippen molar-refractivity contribution >= 4 is 5.97 Å². The second kappa shape index (κ2) is 4.58. The van der Waals surface area contributed by atoms with Gasteiger partial charge in [0.1, 0.15) is 0 Å². The summed E-state index contributed by atoms with van der Waals surface area (Å²) in [6.07, 6.45) is -5.09. The fourth-order valence-electron chi connectivity index (χ4n) is 1.27. The first-order valence-electron chi connectivity index (χ1n) is 4.76. The molecule has 4 nitrogen and oxygen atoms in total. The summed E-state index contributed by atoms with van der Waals surface area (Å²) in [5, 5.41) is 0. The molecule has 16 heavy (non-hydrogen) atoms. The van der Waals surface area contributed by atoms with Crippen LogP contribution in [0.5, 0.6) is 0 Å². The summed E-state index contributed by atoms with van der Waals surface area (Å²) in [5.41, 5.74) is 0. The highest BCUT2D eigenvalue weighted by Crippen LogP contribution is 2.24. The third-order valence-electron chi connectivity index (χ3n) is 1.97. The SMILES string of the molecule is CC1(C)OCC(CCOC(=O)C(F)(F)F)O1. The Labute approximate surface area is 90.7 Å². The molecule has 0 aromatic heterocycles. The molecule has 1 rings (SSSR count). The Hall–Kier alpha value is -0.820. The van der Waals surface area contributed by atoms with Crippen molar-refractivity contribution in [1.29, 1.82) is 0 Å². The third kappa shape index (κ3) is 3.97. The second-order valence-corrected chi connectivity index (χ2v) is 3.87. The maximum atomic E-state index is 11.7. The van der Waals surface area contributed by atoms with Gasteiger partial charge in [0.25, 0.3) is 0 Å². The number of halogens is 3. The molecule has 1 fully saturated rings. The molecule has 1 unspecified atom stereocenters. The van der Waals surface area contributed by atoms with Crippen molar-refractivity contribution in [2.45, 2.75) is 38.3 Å². The number of hydrogen-bond acceptors (Lipinski definition) is 4. The molecule has 1 aliphatic rings. The van der Waals surface area contributed by atoms with Crippen LogP contribution in [0.25, 0.3) is 0 Å². The smallest absolute Gasteiger partial charge is 0.459 e. The van der Waals surface area contributed by atoms with E-state index in [2.05, 4.69) is 4.74 Å². The first-order chi connectivity index (χ1) is 7.21. The molecular formula is C9H13F3O4. The Morgan fingerprint density at radius 3 is 2.56 bits per heavy atom. The monoisotopic (exact) mass is 242 g/mol. The number of esters is 1. The van der Waals surface area contributed by atoms with Gasteiger partial charge in [-0.15, -0.1) is 0 Å². The van der Waals surface area contributed by atoms with Crippen LogP contribution < -0.4 is 0 Å². The average Bonchev–Trinajstić information content (AvgIpc) is 2.44. The molecular weight excluding hydrogens is 229 g/mol. The minimum Gasteiger partial charge on any atom is -0.459 e. The lowest BCUT2D eigenvalue weighted by molar-refractivity contribution is -0.200. The standard InChI is InChI=1S/C9H13F3O4/c1-8(2)15-5-6(16-8)3-4-14-7(13)9(10,11)12/h6H,3-5H2,1-2H3. The molecule has 0 radical (unpaired) electrons. The summed E-state index contributed by atoms with van der Waals surface area (Å²) in [6, 6.07) is 0. The predicted octanol–water partition coefficient (Wildman–Crippen LogP) is 1.63. The summed E-state index contributed by atoms with van der Waals surface area (Å²) in [7, 11) is 0. The van der Waals surface area contributed by atoms with Gasteiger partial charge in [-0.1, -0.05) is 0 Å². The summed E-state index contributed by atoms with van der Waals surface area (Å²) >= 11 is 0. The Balaban J connectivity index is 2.20. The molecule has 0 spiro atoms. The highest BCUT2D eigenvalue weighted by atomic mass is 19.4. The Kier molecular flexibility index (Phi) is 3.80. The van der Waals surface area contributed by atoms with Crippen LogP contribution in [0.1, 0.15) is 20.3 Å². The van der Waals surface area contributed by atoms with Crippen LogP contribution in [-0.4, -0.2) is 37.3 Å². The van der Waals surface area contributed by atoms with E-state index in [9.17, 15) is 18.0 Å². The number of carbonyl (C=O) groups is 1. The van der Waals surface area contributed by atoms with E-state index in [1.807, 2.05) is 0 Å². The van der Waals surface area contributed by atoms with Crippen LogP contribution in [0.15, 0.2) is 0 Å². The van der Waals surface area contributed by atoms with Crippen LogP contribution in [-0.2, 0) is 19.0 Å². The summed E-state index contributed by atoms with van der Waals surface area (Å²) in [6.45, 7) is 3.36. The summed E-state index contributed by atoms with van der Waals surface area (Å²) in [5.74, 6) is -2.90. The van der Waals surface area contributed by atoms with Crippen molar-refractivity contribution < 1.29 is 32.2 Å². The minimum atomic E-state index is -4.94. The molecule has 0 aromatic rings. The molecule has 0 amide bonds. The Morgan fingerprint density at radius 2 is 2.12 bits per heavy atom. The van der Waals surface area contributed by atoms with Crippen molar-refractivity contribution in [3.8, 4) is 0 Å². The number of alkyl halides is 3. The molecule has 1 atom stereocenters. The zero-order chi connectivity index (χ0) is 12.4. The zero-order valence-corrected chi connectivity index (χ0v) is 8.97. The van der Waals surface area contributed by atoms with Crippen molar-refractivity contribution in [1.82, 2.24) is 0 Å². The lowest BCUT2D eigenvalue weighted by atomic mass is 10.3. The van der Waals surface area contributed by atoms with Crippen LogP contribution >= 0.6 is 0 Å². The molecule has 0 aromatic carbocycles. The largest absolute Gasteiger partial charge is 0.490 e. The lowest BCUT2D eigenvalue weighted by Gasteiger charge is -2.17. The summed E-state index contributed by atoms with van der Waals surface area (Å²) < 4.78 is 49.8. The van der Waals surface area contributed by atoms with Gasteiger partial charge in [0.15, 0.2) is 5.79 Å². The van der Waals surface area contributed by atoms with Gasteiger partial charge in [-0.3, -0.25) is 0 Å². The van der Waals surface area contributed by atoms with E-state index in [1.54, 1.807) is 13.8 Å². The molecule has 1 heterocycles. The highest BCUT2D eigenvalue weighted by molar-refractivity contribution is 5.75. The normalized spacial score (nSPS) is 24.4. The fourth-order valence-corrected chi connectivity index (χ4v) is 1.27. The van der Waals surface area contributed by atoms with Gasteiger partial charge in [-0.05, 0) is 13.8 Å². The third-order valence-corrected chi connectivity index (χ3v) is 1.97. The van der Waals surface area contributed by atoms with Gasteiger partial charge in [-0.2, -0.15) is 13.2 Å². The van der Waals surface area contributed by atoms with Crippen LogP contribution in [0, 0.1) is 0 Å². The molecule has 94 valence electrons. The van der Waals surface area contributed by atoms with E-state index >= 15 is 0 Å². The van der Waals surface area contributed by atoms with E-state index in [0.29, 0.717) is 0 Å². The van der Waals surface area contributed by atoms with Gasteiger partial charge in [0.2, 0.25) is 0 Å². The van der Waals surface area contributed by atoms with E-state index in [4.69, 9.17) is 9.47 Å². The van der Waals surface area contributed by atoms with E-state index in [1.165, 1.54) is 0 Å². The van der Waals surface area contributed by atoms with Crippen molar-refractivity contribution in [2.24, 2.45) is 0 Å². The molecule has 0 N–H and O–H groups in total. The van der Waals surface area contributed by atoms with Gasteiger partial charge >= 0.3 is 12.1 Å². The fraction of sp³-hybridized carbons (Fsp3) is 0.889. The van der Waals surface area contributed by atoms with Gasteiger partial charge in [0.05, 0.1) is 19.3 Å². The van der Waals surface area contributed by atoms with Crippen molar-refractivity contribution in [3.05, 3.63) is 0 Å². The highest BCUT2D eigenvalue weighted by Gasteiger charge is 2.41. The first-order valence-corrected chi connectivity index (χ1v) is 4.76. The quantitative estimate of drug-likeness (QED) is 0.705. The maximum absolute atomic E-state index is 11.7. The van der Waals surface area contributed by atoms with Crippen LogP contribution in [0.4, 0.5) is 13.2 Å². The topological polar surface area (TPSA) is 44.8 Å². The number of carbonyl (C=O) groups excluding carboxylic acids is 1. The molecule has 0 saturated carbocycles. The molecule has 7 heteroatoms. The molecule has 1 saturated heterocycles. The van der Waals surface area contributed by atoms with Crippen molar-refractivity contribution in [2.75, 3.05) is 13.2 Å². The second-order valence-electron chi connectivity index (χ2n) is 3.87. The van der Waals surface area contributed by atoms with E-state index < -0.39 is 17.9 Å². The average molecular weight is 242 g/mol. The molecule has 0 aliphatic carbocycles. The van der Waals surface area contributed by atoms with E-state index in [0.717, 1.165) is 0 Å². The summed E-state index contributed by atoms with van der Waals surface area (Å²) in [4.78, 5) is 10.3. The van der Waals surface area contributed by atoms with Crippen LogP contribution in [0.2, 0.25) is 0 Å². The zero-order valence-electron chi connectivity index (χ0n) is 8.97. The first kappa shape index (κ1) is 13.2. The van der Waals surface area contributed by atoms with E-state index in [-0.39, 0.29) is 25.7 Å². The molecule has 1 aliphatic heterocycles. The minimum absolute atomic E-state index is 0.186. The number of rotatable bonds is 3. The van der Waals surface area contributed by atoms with Gasteiger partial charge in [-0.25, -0.2) is 4.79 Å². The number of ether oxygens (including phenoxy) is 3. The predicted molar refractivity (Wildman–Crippen MR) is 46.5 cm³/mol. The number of hydrogen-bond donors (Lipinski definition) is 0. The Bertz CT molecular complexity index is 262. The molecule has 0 bridgehead atoms. The maximum Gasteiger partial charge on any atom is 0.490 e. The van der Waals surface area contributed by atoms with Crippen molar-refractivity contribution in [3.63, 3.8) is 0 Å².